The minimum atomic E-state index is 0.873. The molecule has 0 saturated carbocycles. The Balaban J connectivity index is 1.64. The number of hydrogen-bond donors (Lipinski definition) is 1. The van der Waals surface area contributed by atoms with Gasteiger partial charge in [-0.15, -0.1) is 0 Å². The van der Waals surface area contributed by atoms with Crippen LogP contribution in [0.1, 0.15) is 0 Å². The first kappa shape index (κ1) is 15.3. The van der Waals surface area contributed by atoms with Crippen LogP contribution in [0.2, 0.25) is 0 Å². The third kappa shape index (κ3) is 3.09. The van der Waals surface area contributed by atoms with Crippen LogP contribution in [0.5, 0.6) is 11.5 Å². The number of rotatable bonds is 4. The van der Waals surface area contributed by atoms with Gasteiger partial charge in [0.25, 0.3) is 0 Å². The number of ether oxygens (including phenoxy) is 2. The van der Waals surface area contributed by atoms with Gasteiger partial charge in [0.15, 0.2) is 0 Å². The van der Waals surface area contributed by atoms with Crippen molar-refractivity contribution >= 4 is 32.9 Å². The van der Waals surface area contributed by atoms with Gasteiger partial charge in [-0.05, 0) is 70.1 Å². The average Bonchev–Trinajstić information content (AvgIpc) is 2.67. The fraction of sp³-hybridized carbons (Fsp3) is 0.0909. The van der Waals surface area contributed by atoms with E-state index in [0.29, 0.717) is 0 Å². The van der Waals surface area contributed by atoms with E-state index in [1.54, 1.807) is 14.2 Å². The molecule has 124 valence electrons. The third-order valence-corrected chi connectivity index (χ3v) is 4.38. The second-order valence-electron chi connectivity index (χ2n) is 5.98. The van der Waals surface area contributed by atoms with Gasteiger partial charge in [-0.2, -0.15) is 0 Å². The van der Waals surface area contributed by atoms with Crippen molar-refractivity contribution in [2.24, 2.45) is 0 Å². The first-order valence-corrected chi connectivity index (χ1v) is 8.18. The van der Waals surface area contributed by atoms with Gasteiger partial charge in [-0.1, -0.05) is 24.3 Å². The molecule has 3 nitrogen and oxygen atoms in total. The molecule has 3 heteroatoms. The summed E-state index contributed by atoms with van der Waals surface area (Å²) in [5.41, 5.74) is 2.12. The molecule has 0 bridgehead atoms. The van der Waals surface area contributed by atoms with Crippen molar-refractivity contribution in [3.63, 3.8) is 0 Å². The molecular weight excluding hydrogens is 310 g/mol. The molecule has 25 heavy (non-hydrogen) atoms. The van der Waals surface area contributed by atoms with Gasteiger partial charge in [0.2, 0.25) is 0 Å². The zero-order valence-corrected chi connectivity index (χ0v) is 14.2. The second kappa shape index (κ2) is 6.36. The van der Waals surface area contributed by atoms with Crippen LogP contribution >= 0.6 is 0 Å². The van der Waals surface area contributed by atoms with E-state index >= 15 is 0 Å². The Hall–Kier alpha value is -3.20. The summed E-state index contributed by atoms with van der Waals surface area (Å²) in [4.78, 5) is 0. The molecule has 0 amide bonds. The predicted molar refractivity (Wildman–Crippen MR) is 104 cm³/mol. The van der Waals surface area contributed by atoms with Gasteiger partial charge in [0, 0.05) is 11.4 Å². The molecule has 4 rings (SSSR count). The lowest BCUT2D eigenvalue weighted by atomic mass is 10.1. The van der Waals surface area contributed by atoms with Crippen molar-refractivity contribution in [2.45, 2.75) is 0 Å². The number of fused-ring (bicyclic) bond motifs is 2. The highest BCUT2D eigenvalue weighted by molar-refractivity contribution is 5.90. The van der Waals surface area contributed by atoms with E-state index in [2.05, 4.69) is 53.8 Å². The Labute approximate surface area is 146 Å². The fourth-order valence-electron chi connectivity index (χ4n) is 3.02. The molecule has 0 aromatic heterocycles. The summed E-state index contributed by atoms with van der Waals surface area (Å²) >= 11 is 0. The molecule has 0 aliphatic rings. The van der Waals surface area contributed by atoms with Crippen LogP contribution in [0, 0.1) is 0 Å². The van der Waals surface area contributed by atoms with E-state index in [0.717, 1.165) is 33.6 Å². The lowest BCUT2D eigenvalue weighted by molar-refractivity contribution is 0.415. The highest BCUT2D eigenvalue weighted by Crippen LogP contribution is 2.28. The summed E-state index contributed by atoms with van der Waals surface area (Å²) in [7, 11) is 3.37. The molecule has 0 unspecified atom stereocenters. The molecule has 0 aliphatic heterocycles. The van der Waals surface area contributed by atoms with Crippen LogP contribution in [-0.4, -0.2) is 14.2 Å². The standard InChI is InChI=1S/C22H19NO2/c1-24-21-9-5-15-11-19(7-3-17(15)13-21)23-20-8-4-18-14-22(25-2)10-6-16(18)12-20/h3-14,23H,1-2H3. The highest BCUT2D eigenvalue weighted by atomic mass is 16.5. The zero-order valence-electron chi connectivity index (χ0n) is 14.2. The molecule has 4 aromatic rings. The molecule has 0 fully saturated rings. The molecule has 0 atom stereocenters. The van der Waals surface area contributed by atoms with E-state index in [9.17, 15) is 0 Å². The Bertz CT molecular complexity index is 971. The van der Waals surface area contributed by atoms with E-state index in [4.69, 9.17) is 9.47 Å². The number of benzene rings is 4. The summed E-state index contributed by atoms with van der Waals surface area (Å²) in [5, 5.41) is 8.16. The van der Waals surface area contributed by atoms with Crippen molar-refractivity contribution in [1.29, 1.82) is 0 Å². The molecular formula is C22H19NO2. The van der Waals surface area contributed by atoms with E-state index in [1.807, 2.05) is 24.3 Å². The van der Waals surface area contributed by atoms with Crippen LogP contribution < -0.4 is 14.8 Å². The van der Waals surface area contributed by atoms with Crippen LogP contribution in [0.3, 0.4) is 0 Å². The SMILES string of the molecule is COc1ccc2cc(Nc3ccc4cc(OC)ccc4c3)ccc2c1. The topological polar surface area (TPSA) is 30.5 Å². The van der Waals surface area contributed by atoms with Gasteiger partial charge in [-0.25, -0.2) is 0 Å². The summed E-state index contributed by atoms with van der Waals surface area (Å²) < 4.78 is 10.6. The smallest absolute Gasteiger partial charge is 0.119 e. The molecule has 0 radical (unpaired) electrons. The Morgan fingerprint density at radius 1 is 0.520 bits per heavy atom. The fourth-order valence-corrected chi connectivity index (χ4v) is 3.02. The molecule has 4 aromatic carbocycles. The lowest BCUT2D eigenvalue weighted by Crippen LogP contribution is -1.91. The molecule has 0 aliphatic carbocycles. The normalized spacial score (nSPS) is 10.8. The van der Waals surface area contributed by atoms with Crippen molar-refractivity contribution < 1.29 is 9.47 Å². The Kier molecular flexibility index (Phi) is 3.90. The largest absolute Gasteiger partial charge is 0.497 e. The van der Waals surface area contributed by atoms with Crippen molar-refractivity contribution in [1.82, 2.24) is 0 Å². The number of anilines is 2. The monoisotopic (exact) mass is 329 g/mol. The molecule has 0 heterocycles. The summed E-state index contributed by atoms with van der Waals surface area (Å²) in [6, 6.07) is 24.9. The van der Waals surface area contributed by atoms with Gasteiger partial charge >= 0.3 is 0 Å². The first-order chi connectivity index (χ1) is 12.2. The maximum absolute atomic E-state index is 5.28. The number of methoxy groups -OCH3 is 2. The van der Waals surface area contributed by atoms with Crippen LogP contribution in [0.15, 0.2) is 72.8 Å². The van der Waals surface area contributed by atoms with E-state index < -0.39 is 0 Å². The summed E-state index contributed by atoms with van der Waals surface area (Å²) in [6.07, 6.45) is 0. The van der Waals surface area contributed by atoms with E-state index in [-0.39, 0.29) is 0 Å². The minimum absolute atomic E-state index is 0.873. The second-order valence-corrected chi connectivity index (χ2v) is 5.98. The van der Waals surface area contributed by atoms with Crippen molar-refractivity contribution in [2.75, 3.05) is 19.5 Å². The van der Waals surface area contributed by atoms with Crippen LogP contribution in [0.25, 0.3) is 21.5 Å². The van der Waals surface area contributed by atoms with Gasteiger partial charge in [-0.3, -0.25) is 0 Å². The van der Waals surface area contributed by atoms with E-state index in [1.165, 1.54) is 10.8 Å². The quantitative estimate of drug-likeness (QED) is 0.517. The van der Waals surface area contributed by atoms with Crippen molar-refractivity contribution in [3.8, 4) is 11.5 Å². The highest BCUT2D eigenvalue weighted by Gasteiger charge is 2.02. The third-order valence-electron chi connectivity index (χ3n) is 4.38. The average molecular weight is 329 g/mol. The lowest BCUT2D eigenvalue weighted by Gasteiger charge is -2.10. The maximum atomic E-state index is 5.28. The Morgan fingerprint density at radius 3 is 1.36 bits per heavy atom. The summed E-state index contributed by atoms with van der Waals surface area (Å²) in [5.74, 6) is 1.75. The molecule has 0 saturated heterocycles. The number of hydrogen-bond acceptors (Lipinski definition) is 3. The minimum Gasteiger partial charge on any atom is -0.497 e. The number of nitrogens with one attached hydrogen (secondary N) is 1. The molecule has 1 N–H and O–H groups in total. The van der Waals surface area contributed by atoms with Gasteiger partial charge in [0.05, 0.1) is 14.2 Å². The zero-order chi connectivity index (χ0) is 17.2. The van der Waals surface area contributed by atoms with Crippen LogP contribution in [-0.2, 0) is 0 Å². The maximum Gasteiger partial charge on any atom is 0.119 e. The Morgan fingerprint density at radius 2 is 0.920 bits per heavy atom. The van der Waals surface area contributed by atoms with Crippen LogP contribution in [0.4, 0.5) is 11.4 Å². The van der Waals surface area contributed by atoms with Crippen molar-refractivity contribution in [3.05, 3.63) is 72.8 Å². The summed E-state index contributed by atoms with van der Waals surface area (Å²) in [6.45, 7) is 0. The van der Waals surface area contributed by atoms with Gasteiger partial charge < -0.3 is 14.8 Å². The first-order valence-electron chi connectivity index (χ1n) is 8.18. The molecule has 0 spiro atoms. The predicted octanol–water partition coefficient (Wildman–Crippen LogP) is 5.75. The van der Waals surface area contributed by atoms with Gasteiger partial charge in [0.1, 0.15) is 11.5 Å².